The van der Waals surface area contributed by atoms with E-state index in [4.69, 9.17) is 9.47 Å². The largest absolute Gasteiger partial charge is 0.461 e. The predicted octanol–water partition coefficient (Wildman–Crippen LogP) is 6.54. The molecule has 0 aromatic carbocycles. The summed E-state index contributed by atoms with van der Waals surface area (Å²) in [5.41, 5.74) is 1.52. The molecule has 206 valence electrons. The summed E-state index contributed by atoms with van der Waals surface area (Å²) < 4.78 is 12.1. The molecule has 3 fully saturated rings. The van der Waals surface area contributed by atoms with Crippen LogP contribution >= 0.6 is 0 Å². The van der Waals surface area contributed by atoms with E-state index in [9.17, 15) is 14.7 Å². The quantitative estimate of drug-likeness (QED) is 0.424. The number of aliphatic hydroxyl groups is 1. The highest BCUT2D eigenvalue weighted by Gasteiger charge is 2.69. The third-order valence-corrected chi connectivity index (χ3v) is 12.3. The number of fused-ring (bicyclic) bond motifs is 6. The van der Waals surface area contributed by atoms with Gasteiger partial charge in [-0.05, 0) is 79.4 Å². The third kappa shape index (κ3) is 3.72. The van der Waals surface area contributed by atoms with Crippen LogP contribution in [0.4, 0.5) is 0 Å². The number of rotatable bonds is 5. The molecule has 1 heterocycles. The van der Waals surface area contributed by atoms with Crippen molar-refractivity contribution in [3.8, 4) is 0 Å². The van der Waals surface area contributed by atoms with E-state index in [1.54, 1.807) is 0 Å². The molecular weight excluding hydrogens is 464 g/mol. The molecule has 5 nitrogen and oxygen atoms in total. The molecule has 5 rings (SSSR count). The molecule has 1 aliphatic heterocycles. The number of carbonyl (C=O) groups excluding carboxylic acids is 2. The smallest absolute Gasteiger partial charge is 0.335 e. The second-order valence-corrected chi connectivity index (χ2v) is 14.0. The van der Waals surface area contributed by atoms with E-state index in [1.807, 2.05) is 13.8 Å². The number of hydrogen-bond acceptors (Lipinski definition) is 5. The van der Waals surface area contributed by atoms with Crippen LogP contribution in [0.25, 0.3) is 0 Å². The first-order valence-corrected chi connectivity index (χ1v) is 14.9. The summed E-state index contributed by atoms with van der Waals surface area (Å²) >= 11 is 0. The highest BCUT2D eigenvalue weighted by atomic mass is 16.6. The highest BCUT2D eigenvalue weighted by molar-refractivity contribution is 5.95. The van der Waals surface area contributed by atoms with Gasteiger partial charge in [-0.15, -0.1) is 0 Å². The topological polar surface area (TPSA) is 72.8 Å². The van der Waals surface area contributed by atoms with Crippen molar-refractivity contribution in [2.45, 2.75) is 125 Å². The molecule has 5 aliphatic rings. The van der Waals surface area contributed by atoms with Gasteiger partial charge in [0.05, 0.1) is 18.1 Å². The minimum absolute atomic E-state index is 0.00102. The van der Waals surface area contributed by atoms with E-state index in [1.165, 1.54) is 32.1 Å². The Bertz CT molecular complexity index is 1030. The fraction of sp³-hybridized carbons (Fsp3) is 0.812. The summed E-state index contributed by atoms with van der Waals surface area (Å²) in [7, 11) is 0. The first-order chi connectivity index (χ1) is 17.3. The van der Waals surface area contributed by atoms with Gasteiger partial charge in [0.2, 0.25) is 0 Å². The lowest BCUT2D eigenvalue weighted by Crippen LogP contribution is -2.65. The molecule has 0 bridgehead atoms. The van der Waals surface area contributed by atoms with Gasteiger partial charge in [0.25, 0.3) is 0 Å². The van der Waals surface area contributed by atoms with Gasteiger partial charge in [-0.25, -0.2) is 4.79 Å². The lowest BCUT2D eigenvalue weighted by molar-refractivity contribution is -0.218. The average molecular weight is 513 g/mol. The number of aliphatic hydroxyl groups excluding tert-OH is 1. The van der Waals surface area contributed by atoms with Crippen molar-refractivity contribution in [2.75, 3.05) is 0 Å². The molecule has 0 spiro atoms. The minimum atomic E-state index is -0.706. The lowest BCUT2D eigenvalue weighted by atomic mass is 9.35. The average Bonchev–Trinajstić information content (AvgIpc) is 3.14. The van der Waals surface area contributed by atoms with E-state index < -0.39 is 17.6 Å². The van der Waals surface area contributed by atoms with E-state index >= 15 is 0 Å². The molecule has 2 unspecified atom stereocenters. The number of allylic oxidation sites excluding steroid dienone is 1. The molecule has 0 radical (unpaired) electrons. The Labute approximate surface area is 223 Å². The number of carbonyl (C=O) groups is 2. The maximum Gasteiger partial charge on any atom is 0.335 e. The standard InChI is InChI=1S/C32H48O5/c1-8-20(33)17-26(34)37-25-18-24-30(5)15-10-14-29(4,9-2)22(30)13-16-31(24,6)23-12-11-21-19(3)36-28(35)27(21)32(23,25)7/h11-12,19-20,22-25,33H,8-10,13-18H2,1-7H3/t19-,20?,22+,23+,24?,25-,29+,30+,31+,32-/m1/s1. The van der Waals surface area contributed by atoms with Crippen LogP contribution in [0.1, 0.15) is 106 Å². The molecule has 0 aromatic rings. The summed E-state index contributed by atoms with van der Waals surface area (Å²) in [6.45, 7) is 15.8. The molecule has 1 N–H and O–H groups in total. The Kier molecular flexibility index (Phi) is 6.53. The minimum Gasteiger partial charge on any atom is -0.461 e. The van der Waals surface area contributed by atoms with Crippen molar-refractivity contribution in [3.05, 3.63) is 23.3 Å². The first-order valence-electron chi connectivity index (χ1n) is 14.9. The van der Waals surface area contributed by atoms with E-state index in [2.05, 4.69) is 46.8 Å². The van der Waals surface area contributed by atoms with E-state index in [0.29, 0.717) is 23.7 Å². The SMILES string of the molecule is CCC(O)CC(=O)O[C@@H]1CC2[C@@](C)(CC[C@H]3[C@@](C)(CC)CCC[C@]23C)[C@@H]2C=CC3=C(C(=O)O[C@@H]3C)[C@]21C. The van der Waals surface area contributed by atoms with Crippen LogP contribution in [0.3, 0.4) is 0 Å². The number of hydrogen-bond donors (Lipinski definition) is 1. The Balaban J connectivity index is 1.60. The number of ether oxygens (including phenoxy) is 2. The van der Waals surface area contributed by atoms with E-state index in [0.717, 1.165) is 24.0 Å². The highest BCUT2D eigenvalue weighted by Crippen LogP contribution is 2.73. The number of esters is 2. The monoisotopic (exact) mass is 512 g/mol. The van der Waals surface area contributed by atoms with Gasteiger partial charge >= 0.3 is 11.9 Å². The van der Waals surface area contributed by atoms with Crippen LogP contribution in [0.15, 0.2) is 23.3 Å². The van der Waals surface area contributed by atoms with Gasteiger partial charge in [0.15, 0.2) is 0 Å². The van der Waals surface area contributed by atoms with E-state index in [-0.39, 0.29) is 41.2 Å². The molecule has 3 saturated carbocycles. The van der Waals surface area contributed by atoms with Crippen LogP contribution in [0.5, 0.6) is 0 Å². The maximum absolute atomic E-state index is 13.3. The van der Waals surface area contributed by atoms with Gasteiger partial charge in [-0.1, -0.05) is 66.5 Å². The molecule has 5 heteroatoms. The zero-order valence-corrected chi connectivity index (χ0v) is 24.1. The fourth-order valence-electron chi connectivity index (χ4n) is 10.2. The van der Waals surface area contributed by atoms with Crippen LogP contribution in [0, 0.1) is 39.4 Å². The molecule has 4 aliphatic carbocycles. The summed E-state index contributed by atoms with van der Waals surface area (Å²) in [6, 6.07) is 0. The van der Waals surface area contributed by atoms with Gasteiger partial charge < -0.3 is 14.6 Å². The molecule has 0 saturated heterocycles. The molecular formula is C32H48O5. The van der Waals surface area contributed by atoms with Crippen molar-refractivity contribution in [3.63, 3.8) is 0 Å². The molecule has 0 aromatic heterocycles. The lowest BCUT2D eigenvalue weighted by Gasteiger charge is -2.69. The zero-order valence-electron chi connectivity index (χ0n) is 24.1. The molecule has 0 amide bonds. The number of cyclic esters (lactones) is 1. The predicted molar refractivity (Wildman–Crippen MR) is 143 cm³/mol. The van der Waals surface area contributed by atoms with Crippen molar-refractivity contribution in [1.82, 2.24) is 0 Å². The van der Waals surface area contributed by atoms with Crippen LogP contribution in [-0.4, -0.2) is 35.4 Å². The van der Waals surface area contributed by atoms with Crippen molar-refractivity contribution < 1.29 is 24.2 Å². The van der Waals surface area contributed by atoms with Crippen LogP contribution < -0.4 is 0 Å². The first kappa shape index (κ1) is 27.0. The van der Waals surface area contributed by atoms with Gasteiger partial charge in [-0.3, -0.25) is 4.79 Å². The van der Waals surface area contributed by atoms with Crippen molar-refractivity contribution in [1.29, 1.82) is 0 Å². The Morgan fingerprint density at radius 3 is 2.54 bits per heavy atom. The zero-order chi connectivity index (χ0) is 27.0. The summed E-state index contributed by atoms with van der Waals surface area (Å²) in [5.74, 6) is 0.499. The fourth-order valence-corrected chi connectivity index (χ4v) is 10.2. The Morgan fingerprint density at radius 2 is 1.86 bits per heavy atom. The van der Waals surface area contributed by atoms with Crippen LogP contribution in [0.2, 0.25) is 0 Å². The van der Waals surface area contributed by atoms with Gasteiger partial charge in [0, 0.05) is 11.0 Å². The second-order valence-electron chi connectivity index (χ2n) is 14.0. The normalized spacial score (nSPS) is 47.4. The Hall–Kier alpha value is -1.62. The summed E-state index contributed by atoms with van der Waals surface area (Å²) in [5, 5.41) is 10.2. The van der Waals surface area contributed by atoms with Gasteiger partial charge in [0.1, 0.15) is 12.2 Å². The second kappa shape index (κ2) is 8.96. The van der Waals surface area contributed by atoms with Crippen LogP contribution in [-0.2, 0) is 19.1 Å². The summed E-state index contributed by atoms with van der Waals surface area (Å²) in [4.78, 5) is 26.5. The summed E-state index contributed by atoms with van der Waals surface area (Å²) in [6.07, 6.45) is 11.6. The third-order valence-electron chi connectivity index (χ3n) is 12.3. The molecule has 37 heavy (non-hydrogen) atoms. The maximum atomic E-state index is 13.3. The Morgan fingerprint density at radius 1 is 1.14 bits per heavy atom. The van der Waals surface area contributed by atoms with Crippen molar-refractivity contribution in [2.24, 2.45) is 39.4 Å². The van der Waals surface area contributed by atoms with Gasteiger partial charge in [-0.2, -0.15) is 0 Å². The molecule has 10 atom stereocenters. The van der Waals surface area contributed by atoms with Crippen molar-refractivity contribution >= 4 is 11.9 Å².